The Morgan fingerprint density at radius 2 is 1.88 bits per heavy atom. The van der Waals surface area contributed by atoms with E-state index < -0.39 is 17.7 Å². The van der Waals surface area contributed by atoms with E-state index in [1.165, 1.54) is 44.4 Å². The number of alkyl halides is 3. The highest BCUT2D eigenvalue weighted by Crippen LogP contribution is 2.35. The number of thioether (sulfide) groups is 1. The molecule has 0 N–H and O–H groups in total. The summed E-state index contributed by atoms with van der Waals surface area (Å²) in [6.07, 6.45) is -1.71. The van der Waals surface area contributed by atoms with Gasteiger partial charge in [0.15, 0.2) is 5.78 Å². The van der Waals surface area contributed by atoms with E-state index in [1.807, 2.05) is 6.07 Å². The molecule has 0 saturated carbocycles. The molecular weight excluding hydrogens is 468 g/mol. The molecule has 3 rings (SSSR count). The normalized spacial score (nSPS) is 11.4. The highest BCUT2D eigenvalue weighted by molar-refractivity contribution is 7.98. The number of halogens is 4. The Bertz CT molecular complexity index is 1280. The Labute approximate surface area is 197 Å². The molecule has 0 fully saturated rings. The molecule has 0 amide bonds. The summed E-state index contributed by atoms with van der Waals surface area (Å²) in [6, 6.07) is 13.1. The van der Waals surface area contributed by atoms with E-state index in [0.29, 0.717) is 22.4 Å². The van der Waals surface area contributed by atoms with Crippen molar-refractivity contribution in [2.75, 3.05) is 7.11 Å². The monoisotopic (exact) mass is 486 g/mol. The summed E-state index contributed by atoms with van der Waals surface area (Å²) in [4.78, 5) is 16.0. The molecular formula is C25H18F4N2O2S. The van der Waals surface area contributed by atoms with Crippen LogP contribution in [0, 0.1) is 24.1 Å². The lowest BCUT2D eigenvalue weighted by molar-refractivity contribution is -0.141. The number of carbonyl (C=O) groups excluding carboxylic acids is 1. The van der Waals surface area contributed by atoms with E-state index in [4.69, 9.17) is 4.74 Å². The number of pyridine rings is 1. The Morgan fingerprint density at radius 1 is 1.18 bits per heavy atom. The van der Waals surface area contributed by atoms with Crippen LogP contribution in [-0.2, 0) is 11.9 Å². The van der Waals surface area contributed by atoms with Crippen molar-refractivity contribution in [1.29, 1.82) is 5.26 Å². The number of allylic oxidation sites excluding steroid dienone is 1. The second-order valence-electron chi connectivity index (χ2n) is 7.18. The van der Waals surface area contributed by atoms with Gasteiger partial charge in [-0.2, -0.15) is 18.4 Å². The van der Waals surface area contributed by atoms with Crippen LogP contribution in [0.25, 0.3) is 6.08 Å². The molecule has 0 aliphatic rings. The summed E-state index contributed by atoms with van der Waals surface area (Å²) in [6.45, 7) is 1.43. The van der Waals surface area contributed by atoms with Crippen LogP contribution in [-0.4, -0.2) is 17.9 Å². The molecule has 0 aliphatic heterocycles. The van der Waals surface area contributed by atoms with E-state index in [0.717, 1.165) is 17.8 Å². The fourth-order valence-electron chi connectivity index (χ4n) is 3.07. The second-order valence-corrected chi connectivity index (χ2v) is 8.14. The fourth-order valence-corrected chi connectivity index (χ4v) is 4.10. The van der Waals surface area contributed by atoms with E-state index >= 15 is 0 Å². The van der Waals surface area contributed by atoms with Crippen molar-refractivity contribution < 1.29 is 27.1 Å². The lowest BCUT2D eigenvalue weighted by Gasteiger charge is -2.13. The van der Waals surface area contributed by atoms with Gasteiger partial charge < -0.3 is 4.74 Å². The second kappa shape index (κ2) is 10.5. The molecule has 0 saturated heterocycles. The number of aryl methyl sites for hydroxylation is 1. The van der Waals surface area contributed by atoms with Gasteiger partial charge in [0.05, 0.1) is 12.7 Å². The number of nitrogens with zero attached hydrogens (tertiary/aromatic N) is 2. The van der Waals surface area contributed by atoms with Gasteiger partial charge in [-0.25, -0.2) is 9.37 Å². The SMILES string of the molecule is COc1ccc(/C=C/C(=O)c2ccc(F)cc2)cc1CSc1nc(C(F)(F)F)cc(C)c1C#N. The van der Waals surface area contributed by atoms with Crippen LogP contribution in [0.4, 0.5) is 17.6 Å². The van der Waals surface area contributed by atoms with Crippen molar-refractivity contribution in [3.63, 3.8) is 0 Å². The maximum absolute atomic E-state index is 13.2. The van der Waals surface area contributed by atoms with E-state index in [-0.39, 0.29) is 27.7 Å². The minimum Gasteiger partial charge on any atom is -0.496 e. The van der Waals surface area contributed by atoms with Crippen LogP contribution in [0.5, 0.6) is 5.75 Å². The van der Waals surface area contributed by atoms with Gasteiger partial charge in [-0.1, -0.05) is 12.1 Å². The Hall–Kier alpha value is -3.64. The zero-order valence-corrected chi connectivity index (χ0v) is 18.9. The maximum Gasteiger partial charge on any atom is 0.433 e. The zero-order chi connectivity index (χ0) is 24.9. The van der Waals surface area contributed by atoms with E-state index in [9.17, 15) is 27.6 Å². The minimum atomic E-state index is -4.63. The molecule has 0 unspecified atom stereocenters. The van der Waals surface area contributed by atoms with Gasteiger partial charge in [-0.05, 0) is 66.6 Å². The fraction of sp³-hybridized carbons (Fsp3) is 0.160. The minimum absolute atomic E-state index is 0.0238. The lowest BCUT2D eigenvalue weighted by atomic mass is 10.1. The number of nitriles is 1. The molecule has 2 aromatic carbocycles. The van der Waals surface area contributed by atoms with Gasteiger partial charge in [0.25, 0.3) is 0 Å². The van der Waals surface area contributed by atoms with Crippen LogP contribution in [0.1, 0.15) is 38.3 Å². The number of methoxy groups -OCH3 is 1. The van der Waals surface area contributed by atoms with Crippen LogP contribution in [0.3, 0.4) is 0 Å². The number of hydrogen-bond donors (Lipinski definition) is 0. The van der Waals surface area contributed by atoms with Gasteiger partial charge in [0, 0.05) is 16.9 Å². The largest absolute Gasteiger partial charge is 0.496 e. The first-order valence-electron chi connectivity index (χ1n) is 9.89. The van der Waals surface area contributed by atoms with Crippen LogP contribution >= 0.6 is 11.8 Å². The zero-order valence-electron chi connectivity index (χ0n) is 18.1. The Kier molecular flexibility index (Phi) is 7.74. The third-order valence-corrected chi connectivity index (χ3v) is 5.83. The van der Waals surface area contributed by atoms with E-state index in [1.54, 1.807) is 24.3 Å². The van der Waals surface area contributed by atoms with Gasteiger partial charge >= 0.3 is 6.18 Å². The first-order valence-corrected chi connectivity index (χ1v) is 10.9. The van der Waals surface area contributed by atoms with E-state index in [2.05, 4.69) is 4.98 Å². The van der Waals surface area contributed by atoms with Gasteiger partial charge in [0.1, 0.15) is 28.4 Å². The predicted molar refractivity (Wildman–Crippen MR) is 121 cm³/mol. The molecule has 0 radical (unpaired) electrons. The average Bonchev–Trinajstić information content (AvgIpc) is 2.80. The number of aromatic nitrogens is 1. The molecule has 0 aliphatic carbocycles. The number of rotatable bonds is 7. The Morgan fingerprint density at radius 3 is 2.50 bits per heavy atom. The molecule has 34 heavy (non-hydrogen) atoms. The van der Waals surface area contributed by atoms with Gasteiger partial charge in [-0.15, -0.1) is 11.8 Å². The summed E-state index contributed by atoms with van der Waals surface area (Å²) in [5.74, 6) is -0.0762. The summed E-state index contributed by atoms with van der Waals surface area (Å²) < 4.78 is 57.9. The number of ether oxygens (including phenoxy) is 1. The Balaban J connectivity index is 1.85. The van der Waals surface area contributed by atoms with Crippen molar-refractivity contribution in [1.82, 2.24) is 4.98 Å². The third kappa shape index (κ3) is 6.02. The summed E-state index contributed by atoms with van der Waals surface area (Å²) in [7, 11) is 1.46. The molecule has 3 aromatic rings. The van der Waals surface area contributed by atoms with Crippen molar-refractivity contribution in [3.05, 3.63) is 93.9 Å². The quantitative estimate of drug-likeness (QED) is 0.163. The van der Waals surface area contributed by atoms with Gasteiger partial charge in [0.2, 0.25) is 0 Å². The summed E-state index contributed by atoms with van der Waals surface area (Å²) in [5.41, 5.74) is 0.838. The number of carbonyl (C=O) groups is 1. The van der Waals surface area contributed by atoms with Crippen LogP contribution < -0.4 is 4.74 Å². The molecule has 1 aromatic heterocycles. The molecule has 0 spiro atoms. The first-order chi connectivity index (χ1) is 16.1. The molecule has 1 heterocycles. The summed E-state index contributed by atoms with van der Waals surface area (Å²) in [5, 5.41) is 9.37. The van der Waals surface area contributed by atoms with Crippen molar-refractivity contribution in [2.45, 2.75) is 23.9 Å². The van der Waals surface area contributed by atoms with Crippen molar-refractivity contribution in [2.24, 2.45) is 0 Å². The highest BCUT2D eigenvalue weighted by atomic mass is 32.2. The smallest absolute Gasteiger partial charge is 0.433 e. The average molecular weight is 486 g/mol. The number of ketones is 1. The lowest BCUT2D eigenvalue weighted by Crippen LogP contribution is -2.10. The standard InChI is InChI=1S/C25H18F4N2O2S/c1-15-11-23(25(27,28)29)31-24(20(15)13-30)34-14-18-12-16(4-10-22(18)33-2)3-9-21(32)17-5-7-19(26)8-6-17/h3-12H,14H2,1-2H3/b9-3+. The molecule has 174 valence electrons. The van der Waals surface area contributed by atoms with Crippen molar-refractivity contribution in [3.8, 4) is 11.8 Å². The van der Waals surface area contributed by atoms with Crippen molar-refractivity contribution >= 4 is 23.6 Å². The molecule has 0 bridgehead atoms. The first kappa shape index (κ1) is 25.0. The predicted octanol–water partition coefficient (Wildman–Crippen LogP) is 6.62. The number of benzene rings is 2. The molecule has 4 nitrogen and oxygen atoms in total. The van der Waals surface area contributed by atoms with Gasteiger partial charge in [-0.3, -0.25) is 4.79 Å². The topological polar surface area (TPSA) is 63.0 Å². The summed E-state index contributed by atoms with van der Waals surface area (Å²) >= 11 is 0.990. The molecule has 9 heteroatoms. The highest BCUT2D eigenvalue weighted by Gasteiger charge is 2.34. The van der Waals surface area contributed by atoms with Crippen LogP contribution in [0.2, 0.25) is 0 Å². The number of hydrogen-bond acceptors (Lipinski definition) is 5. The molecule has 0 atom stereocenters. The third-order valence-electron chi connectivity index (χ3n) is 4.81. The van der Waals surface area contributed by atoms with Crippen LogP contribution in [0.15, 0.2) is 59.6 Å². The maximum atomic E-state index is 13.2.